The van der Waals surface area contributed by atoms with Gasteiger partial charge in [0.15, 0.2) is 12.6 Å². The Balaban J connectivity index is 1.75. The highest BCUT2D eigenvalue weighted by Gasteiger charge is 2.50. The lowest BCUT2D eigenvalue weighted by Crippen LogP contribution is -2.66. The largest absolute Gasteiger partial charge is 0.395 e. The Hall–Kier alpha value is -0.600. The van der Waals surface area contributed by atoms with Gasteiger partial charge < -0.3 is 77.8 Å². The molecule has 0 radical (unpaired) electrons. The van der Waals surface area contributed by atoms with Crippen molar-refractivity contribution in [2.75, 3.05) is 32.8 Å². The Kier molecular flexibility index (Phi) is 13.1. The average molecular weight is 568 g/mol. The van der Waals surface area contributed by atoms with Crippen LogP contribution >= 0.6 is 0 Å². The topological polar surface area (TPSA) is 274 Å². The molecule has 3 aliphatic rings. The molecule has 39 heavy (non-hydrogen) atoms. The van der Waals surface area contributed by atoms with Crippen molar-refractivity contribution >= 4 is 0 Å². The van der Waals surface area contributed by atoms with Gasteiger partial charge in [-0.05, 0) is 38.0 Å². The van der Waals surface area contributed by atoms with E-state index >= 15 is 0 Å². The van der Waals surface area contributed by atoms with Gasteiger partial charge in [-0.15, -0.1) is 0 Å². The van der Waals surface area contributed by atoms with E-state index in [-0.39, 0.29) is 25.2 Å². The van der Waals surface area contributed by atoms with Crippen LogP contribution in [0.2, 0.25) is 0 Å². The van der Waals surface area contributed by atoms with E-state index in [1.165, 1.54) is 0 Å². The van der Waals surface area contributed by atoms with Crippen LogP contribution in [0.15, 0.2) is 0 Å². The van der Waals surface area contributed by atoms with Crippen LogP contribution < -0.4 is 28.3 Å². The highest BCUT2D eigenvalue weighted by molar-refractivity contribution is 4.99. The van der Waals surface area contributed by atoms with Crippen LogP contribution in [-0.2, 0) is 18.9 Å². The summed E-state index contributed by atoms with van der Waals surface area (Å²) in [6.45, 7) is 0.443. The van der Waals surface area contributed by atoms with Crippen molar-refractivity contribution in [2.24, 2.45) is 28.9 Å². The number of aliphatic hydroxyl groups excluding tert-OH is 6. The van der Waals surface area contributed by atoms with Gasteiger partial charge in [-0.3, -0.25) is 0 Å². The van der Waals surface area contributed by atoms with E-state index in [4.69, 9.17) is 47.0 Å². The van der Waals surface area contributed by atoms with Gasteiger partial charge >= 0.3 is 0 Å². The Bertz CT molecular complexity index is 714. The standard InChI is InChI=1S/C24H49N5O10/c25-8-12(32)2-1-11-7-15(27)22(39-23-14(26)4-3-13(36-23)9-29-5-6-30)20(35)21(11)38-24-19(34)17(28)18(33)16(10-31)37-24/h11-24,29-35H,1-10,25-28H2/t11-,12?,13+,14-,15+,16-,17+,18-,19-,20-,21+,22?,23-,24-/m1/s1. The Morgan fingerprint density at radius 3 is 2.28 bits per heavy atom. The molecule has 3 fully saturated rings. The number of ether oxygens (including phenoxy) is 4. The smallest absolute Gasteiger partial charge is 0.186 e. The zero-order valence-corrected chi connectivity index (χ0v) is 22.3. The molecule has 2 aliphatic heterocycles. The van der Waals surface area contributed by atoms with Crippen LogP contribution in [0.3, 0.4) is 0 Å². The molecule has 15 heteroatoms. The second-order valence-corrected chi connectivity index (χ2v) is 10.9. The lowest BCUT2D eigenvalue weighted by molar-refractivity contribution is -0.318. The van der Waals surface area contributed by atoms with E-state index in [2.05, 4.69) is 5.32 Å². The van der Waals surface area contributed by atoms with Crippen molar-refractivity contribution in [2.45, 2.75) is 112 Å². The molecule has 1 saturated carbocycles. The maximum absolute atomic E-state index is 11.5. The Morgan fingerprint density at radius 1 is 0.897 bits per heavy atom. The van der Waals surface area contributed by atoms with E-state index in [1.54, 1.807) is 0 Å². The molecule has 0 aromatic heterocycles. The zero-order chi connectivity index (χ0) is 28.7. The minimum Gasteiger partial charge on any atom is -0.395 e. The molecule has 3 rings (SSSR count). The molecule has 2 unspecified atom stereocenters. The fourth-order valence-electron chi connectivity index (χ4n) is 5.55. The predicted molar refractivity (Wildman–Crippen MR) is 138 cm³/mol. The molecule has 0 spiro atoms. The summed E-state index contributed by atoms with van der Waals surface area (Å²) >= 11 is 0. The van der Waals surface area contributed by atoms with Gasteiger partial charge in [0.05, 0.1) is 43.6 Å². The van der Waals surface area contributed by atoms with Crippen molar-refractivity contribution in [3.63, 3.8) is 0 Å². The summed E-state index contributed by atoms with van der Waals surface area (Å²) in [4.78, 5) is 0. The molecular weight excluding hydrogens is 518 g/mol. The first kappa shape index (κ1) is 32.9. The molecule has 15 nitrogen and oxygen atoms in total. The van der Waals surface area contributed by atoms with E-state index in [1.807, 2.05) is 0 Å². The van der Waals surface area contributed by atoms with Gasteiger partial charge in [-0.2, -0.15) is 0 Å². The summed E-state index contributed by atoms with van der Waals surface area (Å²) in [7, 11) is 0. The van der Waals surface area contributed by atoms with Crippen LogP contribution in [0.1, 0.15) is 32.1 Å². The monoisotopic (exact) mass is 567 g/mol. The summed E-state index contributed by atoms with van der Waals surface area (Å²) in [5.74, 6) is -0.376. The lowest BCUT2D eigenvalue weighted by atomic mass is 9.77. The lowest BCUT2D eigenvalue weighted by Gasteiger charge is -2.48. The number of hydrogen-bond donors (Lipinski definition) is 11. The molecule has 230 valence electrons. The fourth-order valence-corrected chi connectivity index (χ4v) is 5.55. The van der Waals surface area contributed by atoms with E-state index < -0.39 is 80.0 Å². The minimum atomic E-state index is -1.44. The summed E-state index contributed by atoms with van der Waals surface area (Å²) in [6, 6.07) is -2.24. The third-order valence-corrected chi connectivity index (χ3v) is 7.96. The van der Waals surface area contributed by atoms with Crippen LogP contribution in [0.25, 0.3) is 0 Å². The molecule has 0 aromatic carbocycles. The third kappa shape index (κ3) is 8.47. The fraction of sp³-hybridized carbons (Fsp3) is 1.00. The van der Waals surface area contributed by atoms with Gasteiger partial charge in [0.2, 0.25) is 0 Å². The first-order valence-corrected chi connectivity index (χ1v) is 13.8. The molecule has 14 atom stereocenters. The van der Waals surface area contributed by atoms with Crippen molar-refractivity contribution in [1.82, 2.24) is 5.32 Å². The summed E-state index contributed by atoms with van der Waals surface area (Å²) in [5, 5.41) is 64.0. The van der Waals surface area contributed by atoms with E-state index in [9.17, 15) is 25.5 Å². The van der Waals surface area contributed by atoms with Crippen LogP contribution in [0.5, 0.6) is 0 Å². The first-order chi connectivity index (χ1) is 18.6. The number of hydrogen-bond acceptors (Lipinski definition) is 15. The van der Waals surface area contributed by atoms with E-state index in [0.29, 0.717) is 45.2 Å². The van der Waals surface area contributed by atoms with Crippen molar-refractivity contribution in [1.29, 1.82) is 0 Å². The minimum absolute atomic E-state index is 0.00245. The summed E-state index contributed by atoms with van der Waals surface area (Å²) < 4.78 is 23.9. The van der Waals surface area contributed by atoms with Crippen molar-refractivity contribution in [3.8, 4) is 0 Å². The number of aliphatic hydroxyl groups is 6. The summed E-state index contributed by atoms with van der Waals surface area (Å²) in [5.41, 5.74) is 24.2. The molecule has 0 aromatic rings. The molecule has 0 amide bonds. The normalized spacial score (nSPS) is 44.3. The highest BCUT2D eigenvalue weighted by Crippen LogP contribution is 2.36. The molecular formula is C24H49N5O10. The predicted octanol–water partition coefficient (Wildman–Crippen LogP) is -5.25. The van der Waals surface area contributed by atoms with Crippen LogP contribution in [-0.4, -0.2) is 143 Å². The van der Waals surface area contributed by atoms with Gasteiger partial charge in [0.1, 0.15) is 30.5 Å². The molecule has 2 saturated heterocycles. The molecule has 1 aliphatic carbocycles. The van der Waals surface area contributed by atoms with Crippen LogP contribution in [0.4, 0.5) is 0 Å². The zero-order valence-electron chi connectivity index (χ0n) is 22.3. The van der Waals surface area contributed by atoms with Crippen LogP contribution in [0, 0.1) is 5.92 Å². The molecule has 0 bridgehead atoms. The van der Waals surface area contributed by atoms with E-state index in [0.717, 1.165) is 0 Å². The maximum Gasteiger partial charge on any atom is 0.186 e. The first-order valence-electron chi connectivity index (χ1n) is 13.8. The highest BCUT2D eigenvalue weighted by atomic mass is 16.7. The second-order valence-electron chi connectivity index (χ2n) is 10.9. The number of rotatable bonds is 13. The molecule has 15 N–H and O–H groups in total. The maximum atomic E-state index is 11.5. The number of nitrogens with two attached hydrogens (primary N) is 4. The third-order valence-electron chi connectivity index (χ3n) is 7.96. The van der Waals surface area contributed by atoms with Gasteiger partial charge in [0.25, 0.3) is 0 Å². The Morgan fingerprint density at radius 2 is 1.62 bits per heavy atom. The van der Waals surface area contributed by atoms with Gasteiger partial charge in [0, 0.05) is 25.7 Å². The Labute approximate surface area is 228 Å². The average Bonchev–Trinajstić information content (AvgIpc) is 2.92. The number of nitrogens with one attached hydrogen (secondary N) is 1. The summed E-state index contributed by atoms with van der Waals surface area (Å²) in [6.07, 6.45) is -7.83. The molecule has 2 heterocycles. The van der Waals surface area contributed by atoms with Crippen molar-refractivity contribution < 1.29 is 49.6 Å². The van der Waals surface area contributed by atoms with Gasteiger partial charge in [-0.1, -0.05) is 0 Å². The quantitative estimate of drug-likeness (QED) is 0.0927. The van der Waals surface area contributed by atoms with Crippen molar-refractivity contribution in [3.05, 3.63) is 0 Å². The second kappa shape index (κ2) is 15.6. The van der Waals surface area contributed by atoms with Gasteiger partial charge in [-0.25, -0.2) is 0 Å². The SMILES string of the molecule is NCC(O)CC[C@@H]1C[C@H](N)C(O[C@H]2O[C@H](CNCCO)CC[C@H]2N)[C@H](O)[C@H]1O[C@H]1O[C@H](CO)[C@@H](O)[C@H](N)[C@H]1O.